The van der Waals surface area contributed by atoms with Crippen LogP contribution < -0.4 is 19.5 Å². The number of hydrogen-bond donors (Lipinski definition) is 1. The minimum atomic E-state index is -0.214. The zero-order chi connectivity index (χ0) is 21.5. The second-order valence-electron chi connectivity index (χ2n) is 6.63. The van der Waals surface area contributed by atoms with Crippen LogP contribution in [0.15, 0.2) is 60.7 Å². The van der Waals surface area contributed by atoms with Crippen molar-refractivity contribution in [3.63, 3.8) is 0 Å². The first-order chi connectivity index (χ1) is 14.5. The van der Waals surface area contributed by atoms with Crippen LogP contribution in [0.5, 0.6) is 17.2 Å². The summed E-state index contributed by atoms with van der Waals surface area (Å²) in [5, 5.41) is 3.55. The maximum atomic E-state index is 12.8. The van der Waals surface area contributed by atoms with Crippen molar-refractivity contribution in [2.24, 2.45) is 0 Å². The van der Waals surface area contributed by atoms with E-state index in [9.17, 15) is 4.79 Å². The van der Waals surface area contributed by atoms with Crippen LogP contribution >= 0.6 is 11.6 Å². The van der Waals surface area contributed by atoms with Crippen molar-refractivity contribution in [3.05, 3.63) is 82.4 Å². The molecule has 0 unspecified atom stereocenters. The molecule has 0 aromatic heterocycles. The summed E-state index contributed by atoms with van der Waals surface area (Å²) in [4.78, 5) is 12.8. The lowest BCUT2D eigenvalue weighted by Crippen LogP contribution is -2.14. The number of nitrogens with one attached hydrogen (secondary N) is 1. The Kier molecular flexibility index (Phi) is 7.20. The molecule has 3 aromatic rings. The van der Waals surface area contributed by atoms with Gasteiger partial charge in [0.05, 0.1) is 13.7 Å². The molecule has 0 saturated heterocycles. The van der Waals surface area contributed by atoms with Gasteiger partial charge in [-0.3, -0.25) is 4.79 Å². The zero-order valence-corrected chi connectivity index (χ0v) is 18.0. The van der Waals surface area contributed by atoms with E-state index >= 15 is 0 Å². The van der Waals surface area contributed by atoms with Gasteiger partial charge in [0.1, 0.15) is 23.9 Å². The van der Waals surface area contributed by atoms with Crippen LogP contribution in [0, 0.1) is 6.92 Å². The number of anilines is 1. The maximum absolute atomic E-state index is 12.8. The quantitative estimate of drug-likeness (QED) is 0.489. The molecule has 0 spiro atoms. The van der Waals surface area contributed by atoms with Gasteiger partial charge in [0.25, 0.3) is 5.91 Å². The number of methoxy groups -OCH3 is 1. The Morgan fingerprint density at radius 1 is 0.967 bits per heavy atom. The molecule has 0 heterocycles. The summed E-state index contributed by atoms with van der Waals surface area (Å²) < 4.78 is 16.7. The minimum Gasteiger partial charge on any atom is -0.497 e. The van der Waals surface area contributed by atoms with E-state index in [2.05, 4.69) is 5.32 Å². The number of hydrogen-bond acceptors (Lipinski definition) is 4. The van der Waals surface area contributed by atoms with E-state index in [1.54, 1.807) is 37.4 Å². The summed E-state index contributed by atoms with van der Waals surface area (Å²) >= 11 is 5.99. The Bertz CT molecular complexity index is 1020. The number of amides is 1. The van der Waals surface area contributed by atoms with Gasteiger partial charge in [-0.2, -0.15) is 0 Å². The smallest absolute Gasteiger partial charge is 0.255 e. The van der Waals surface area contributed by atoms with Crippen LogP contribution in [-0.4, -0.2) is 19.6 Å². The molecule has 0 aliphatic carbocycles. The highest BCUT2D eigenvalue weighted by molar-refractivity contribution is 6.30. The highest BCUT2D eigenvalue weighted by atomic mass is 35.5. The van der Waals surface area contributed by atoms with E-state index in [0.717, 1.165) is 16.9 Å². The number of rotatable bonds is 8. The summed E-state index contributed by atoms with van der Waals surface area (Å²) in [5.74, 6) is 1.93. The standard InChI is InChI=1S/C24H24ClNO4/c1-4-29-23-12-5-17(24(27)26-22-11-6-19(25)13-16(22)2)14-18(23)15-30-21-9-7-20(28-3)8-10-21/h5-14H,4,15H2,1-3H3,(H,26,27). The summed E-state index contributed by atoms with van der Waals surface area (Å²) in [5.41, 5.74) is 2.91. The van der Waals surface area contributed by atoms with Gasteiger partial charge in [-0.15, -0.1) is 0 Å². The van der Waals surface area contributed by atoms with Crippen molar-refractivity contribution >= 4 is 23.2 Å². The summed E-state index contributed by atoms with van der Waals surface area (Å²) in [6.07, 6.45) is 0. The molecular formula is C24H24ClNO4. The molecule has 0 aliphatic rings. The lowest BCUT2D eigenvalue weighted by Gasteiger charge is -2.14. The van der Waals surface area contributed by atoms with Crippen LogP contribution in [0.1, 0.15) is 28.4 Å². The SMILES string of the molecule is CCOc1ccc(C(=O)Nc2ccc(Cl)cc2C)cc1COc1ccc(OC)cc1. The van der Waals surface area contributed by atoms with E-state index in [1.807, 2.05) is 44.2 Å². The first kappa shape index (κ1) is 21.5. The van der Waals surface area contributed by atoms with Crippen LogP contribution in [0.25, 0.3) is 0 Å². The predicted molar refractivity (Wildman–Crippen MR) is 119 cm³/mol. The lowest BCUT2D eigenvalue weighted by atomic mass is 10.1. The highest BCUT2D eigenvalue weighted by Crippen LogP contribution is 2.25. The van der Waals surface area contributed by atoms with Crippen LogP contribution in [0.2, 0.25) is 5.02 Å². The number of aryl methyl sites for hydroxylation is 1. The van der Waals surface area contributed by atoms with E-state index < -0.39 is 0 Å². The molecule has 0 bridgehead atoms. The number of benzene rings is 3. The number of carbonyl (C=O) groups is 1. The maximum Gasteiger partial charge on any atom is 0.255 e. The Morgan fingerprint density at radius 3 is 2.37 bits per heavy atom. The predicted octanol–water partition coefficient (Wildman–Crippen LogP) is 5.89. The van der Waals surface area contributed by atoms with Crippen molar-refractivity contribution in [1.29, 1.82) is 0 Å². The molecule has 30 heavy (non-hydrogen) atoms. The largest absolute Gasteiger partial charge is 0.497 e. The molecule has 0 atom stereocenters. The lowest BCUT2D eigenvalue weighted by molar-refractivity contribution is 0.102. The van der Waals surface area contributed by atoms with Crippen molar-refractivity contribution in [2.75, 3.05) is 19.0 Å². The molecule has 156 valence electrons. The minimum absolute atomic E-state index is 0.214. The Hall–Kier alpha value is -3.18. The Labute approximate surface area is 181 Å². The second-order valence-corrected chi connectivity index (χ2v) is 7.07. The Morgan fingerprint density at radius 2 is 1.70 bits per heavy atom. The van der Waals surface area contributed by atoms with Gasteiger partial charge >= 0.3 is 0 Å². The molecule has 3 aromatic carbocycles. The fourth-order valence-corrected chi connectivity index (χ4v) is 3.15. The fourth-order valence-electron chi connectivity index (χ4n) is 2.92. The molecule has 5 nitrogen and oxygen atoms in total. The third-order valence-corrected chi connectivity index (χ3v) is 4.75. The number of carbonyl (C=O) groups excluding carboxylic acids is 1. The first-order valence-corrected chi connectivity index (χ1v) is 9.98. The third-order valence-electron chi connectivity index (χ3n) is 4.51. The van der Waals surface area contributed by atoms with Crippen molar-refractivity contribution < 1.29 is 19.0 Å². The van der Waals surface area contributed by atoms with E-state index in [4.69, 9.17) is 25.8 Å². The molecule has 1 N–H and O–H groups in total. The zero-order valence-electron chi connectivity index (χ0n) is 17.2. The number of ether oxygens (including phenoxy) is 3. The van der Waals surface area contributed by atoms with Gasteiger partial charge < -0.3 is 19.5 Å². The summed E-state index contributed by atoms with van der Waals surface area (Å²) in [7, 11) is 1.62. The van der Waals surface area contributed by atoms with E-state index in [1.165, 1.54) is 0 Å². The van der Waals surface area contributed by atoms with Crippen LogP contribution in [-0.2, 0) is 6.61 Å². The van der Waals surface area contributed by atoms with Crippen molar-refractivity contribution in [3.8, 4) is 17.2 Å². The normalized spacial score (nSPS) is 10.4. The molecule has 6 heteroatoms. The fraction of sp³-hybridized carbons (Fsp3) is 0.208. The van der Waals surface area contributed by atoms with Gasteiger partial charge in [0.15, 0.2) is 0 Å². The van der Waals surface area contributed by atoms with Gasteiger partial charge in [0, 0.05) is 21.8 Å². The molecular weight excluding hydrogens is 402 g/mol. The van der Waals surface area contributed by atoms with Gasteiger partial charge in [0.2, 0.25) is 0 Å². The molecule has 3 rings (SSSR count). The van der Waals surface area contributed by atoms with Crippen LogP contribution in [0.3, 0.4) is 0 Å². The van der Waals surface area contributed by atoms with Crippen molar-refractivity contribution in [2.45, 2.75) is 20.5 Å². The second kappa shape index (κ2) is 10.0. The molecule has 0 aliphatic heterocycles. The average molecular weight is 426 g/mol. The van der Waals surface area contributed by atoms with Crippen LogP contribution in [0.4, 0.5) is 5.69 Å². The highest BCUT2D eigenvalue weighted by Gasteiger charge is 2.13. The monoisotopic (exact) mass is 425 g/mol. The molecule has 1 amide bonds. The summed E-state index contributed by atoms with van der Waals surface area (Å²) in [6.45, 7) is 4.60. The topological polar surface area (TPSA) is 56.8 Å². The Balaban J connectivity index is 1.77. The van der Waals surface area contributed by atoms with E-state index in [0.29, 0.717) is 34.4 Å². The third kappa shape index (κ3) is 5.45. The first-order valence-electron chi connectivity index (χ1n) is 9.60. The van der Waals surface area contributed by atoms with Gasteiger partial charge in [-0.1, -0.05) is 11.6 Å². The molecule has 0 radical (unpaired) electrons. The van der Waals surface area contributed by atoms with E-state index in [-0.39, 0.29) is 12.5 Å². The molecule has 0 saturated carbocycles. The number of halogens is 1. The summed E-state index contributed by atoms with van der Waals surface area (Å²) in [6, 6.07) is 18.0. The van der Waals surface area contributed by atoms with Gasteiger partial charge in [-0.25, -0.2) is 0 Å². The van der Waals surface area contributed by atoms with Crippen molar-refractivity contribution in [1.82, 2.24) is 0 Å². The van der Waals surface area contributed by atoms with Gasteiger partial charge in [-0.05, 0) is 80.1 Å². The average Bonchev–Trinajstić information content (AvgIpc) is 2.75. The molecule has 0 fully saturated rings.